The molecule has 1 heterocycles. The predicted octanol–water partition coefficient (Wildman–Crippen LogP) is 5.97. The van der Waals surface area contributed by atoms with Gasteiger partial charge in [-0.2, -0.15) is 5.10 Å². The van der Waals surface area contributed by atoms with Crippen molar-refractivity contribution in [3.05, 3.63) is 95.9 Å². The topological polar surface area (TPSA) is 65.4 Å². The third-order valence-corrected chi connectivity index (χ3v) is 5.51. The average Bonchev–Trinajstić information content (AvgIpc) is 3.32. The number of benzene rings is 3. The number of ether oxygens (including phenoxy) is 2. The summed E-state index contributed by atoms with van der Waals surface area (Å²) in [6, 6.07) is 20.8. The van der Waals surface area contributed by atoms with E-state index < -0.39 is 0 Å². The SMILES string of the molecule is CCOc1ccc([C@@H](C)NC(=O)c2cn(-c3ccccc3)nc2-c2ccc(F)cc2)cc1OCC. The fourth-order valence-corrected chi connectivity index (χ4v) is 3.77. The number of amides is 1. The number of hydrogen-bond donors (Lipinski definition) is 1. The van der Waals surface area contributed by atoms with Gasteiger partial charge in [-0.1, -0.05) is 24.3 Å². The van der Waals surface area contributed by atoms with E-state index in [2.05, 4.69) is 10.4 Å². The molecule has 35 heavy (non-hydrogen) atoms. The van der Waals surface area contributed by atoms with Gasteiger partial charge in [-0.15, -0.1) is 0 Å². The summed E-state index contributed by atoms with van der Waals surface area (Å²) in [5, 5.41) is 7.71. The van der Waals surface area contributed by atoms with Crippen molar-refractivity contribution in [3.8, 4) is 28.4 Å². The van der Waals surface area contributed by atoms with Gasteiger partial charge in [0.25, 0.3) is 5.91 Å². The van der Waals surface area contributed by atoms with Crippen LogP contribution in [0.1, 0.15) is 42.7 Å². The highest BCUT2D eigenvalue weighted by Gasteiger charge is 2.21. The minimum absolute atomic E-state index is 0.286. The van der Waals surface area contributed by atoms with Crippen LogP contribution in [0.3, 0.4) is 0 Å². The molecule has 0 spiro atoms. The molecular formula is C28H28FN3O3. The van der Waals surface area contributed by atoms with Gasteiger partial charge in [0.2, 0.25) is 0 Å². The molecule has 3 aromatic carbocycles. The molecule has 1 atom stereocenters. The van der Waals surface area contributed by atoms with Crippen LogP contribution in [-0.4, -0.2) is 28.9 Å². The molecule has 0 unspecified atom stereocenters. The first kappa shape index (κ1) is 24.0. The molecular weight excluding hydrogens is 445 g/mol. The zero-order chi connectivity index (χ0) is 24.8. The second-order valence-corrected chi connectivity index (χ2v) is 7.95. The molecule has 0 aliphatic heterocycles. The van der Waals surface area contributed by atoms with Crippen LogP contribution in [-0.2, 0) is 0 Å². The molecule has 0 saturated heterocycles. The standard InChI is InChI=1S/C28H28FN3O3/c1-4-34-25-16-13-21(17-26(25)35-5-2)19(3)30-28(33)24-18-32(23-9-7-6-8-10-23)31-27(24)20-11-14-22(29)15-12-20/h6-19H,4-5H2,1-3H3,(H,30,33)/t19-/m1/s1. The Balaban J connectivity index is 1.65. The highest BCUT2D eigenvalue weighted by Crippen LogP contribution is 2.31. The van der Waals surface area contributed by atoms with Crippen molar-refractivity contribution in [2.75, 3.05) is 13.2 Å². The Labute approximate surface area is 204 Å². The van der Waals surface area contributed by atoms with E-state index in [4.69, 9.17) is 9.47 Å². The molecule has 0 aliphatic rings. The zero-order valence-electron chi connectivity index (χ0n) is 20.0. The lowest BCUT2D eigenvalue weighted by Gasteiger charge is -2.17. The summed E-state index contributed by atoms with van der Waals surface area (Å²) < 4.78 is 26.6. The third kappa shape index (κ3) is 5.51. The van der Waals surface area contributed by atoms with Gasteiger partial charge in [0.05, 0.1) is 30.5 Å². The summed E-state index contributed by atoms with van der Waals surface area (Å²) in [7, 11) is 0. The summed E-state index contributed by atoms with van der Waals surface area (Å²) in [4.78, 5) is 13.4. The van der Waals surface area contributed by atoms with Crippen LogP contribution in [0.5, 0.6) is 11.5 Å². The maximum absolute atomic E-state index is 13.5. The van der Waals surface area contributed by atoms with E-state index in [9.17, 15) is 9.18 Å². The molecule has 180 valence electrons. The molecule has 4 rings (SSSR count). The van der Waals surface area contributed by atoms with Gasteiger partial charge >= 0.3 is 0 Å². The van der Waals surface area contributed by atoms with Gasteiger partial charge < -0.3 is 14.8 Å². The van der Waals surface area contributed by atoms with Crippen molar-refractivity contribution >= 4 is 5.91 Å². The van der Waals surface area contributed by atoms with Gasteiger partial charge in [-0.25, -0.2) is 9.07 Å². The van der Waals surface area contributed by atoms with Gasteiger partial charge in [-0.05, 0) is 74.9 Å². The minimum Gasteiger partial charge on any atom is -0.490 e. The van der Waals surface area contributed by atoms with E-state index in [1.54, 1.807) is 23.0 Å². The summed E-state index contributed by atoms with van der Waals surface area (Å²) in [6.07, 6.45) is 1.69. The number of nitrogens with zero attached hydrogens (tertiary/aromatic N) is 2. The molecule has 1 aromatic heterocycles. The second-order valence-electron chi connectivity index (χ2n) is 7.95. The minimum atomic E-state index is -0.350. The number of carbonyl (C=O) groups is 1. The molecule has 0 saturated carbocycles. The number of hydrogen-bond acceptors (Lipinski definition) is 4. The first-order valence-corrected chi connectivity index (χ1v) is 11.6. The van der Waals surface area contributed by atoms with E-state index in [-0.39, 0.29) is 17.8 Å². The van der Waals surface area contributed by atoms with Crippen LogP contribution in [0.25, 0.3) is 16.9 Å². The van der Waals surface area contributed by atoms with Crippen LogP contribution in [0, 0.1) is 5.82 Å². The van der Waals surface area contributed by atoms with Gasteiger partial charge in [0.1, 0.15) is 11.5 Å². The Morgan fingerprint density at radius 1 is 0.971 bits per heavy atom. The van der Waals surface area contributed by atoms with Gasteiger partial charge in [-0.3, -0.25) is 4.79 Å². The molecule has 0 radical (unpaired) electrons. The first-order valence-electron chi connectivity index (χ1n) is 11.6. The summed E-state index contributed by atoms with van der Waals surface area (Å²) in [6.45, 7) is 6.77. The number of para-hydroxylation sites is 1. The first-order chi connectivity index (χ1) is 17.0. The number of aromatic nitrogens is 2. The Hall–Kier alpha value is -4.13. The van der Waals surface area contributed by atoms with E-state index in [0.717, 1.165) is 11.3 Å². The van der Waals surface area contributed by atoms with Crippen molar-refractivity contribution < 1.29 is 18.7 Å². The molecule has 4 aromatic rings. The molecule has 7 heteroatoms. The lowest BCUT2D eigenvalue weighted by Crippen LogP contribution is -2.26. The van der Waals surface area contributed by atoms with Crippen molar-refractivity contribution in [3.63, 3.8) is 0 Å². The maximum atomic E-state index is 13.5. The van der Waals surface area contributed by atoms with Crippen LogP contribution in [0.4, 0.5) is 4.39 Å². The lowest BCUT2D eigenvalue weighted by molar-refractivity contribution is 0.0940. The van der Waals surface area contributed by atoms with Crippen LogP contribution in [0.2, 0.25) is 0 Å². The largest absolute Gasteiger partial charge is 0.490 e. The van der Waals surface area contributed by atoms with Crippen LogP contribution >= 0.6 is 0 Å². The van der Waals surface area contributed by atoms with Crippen molar-refractivity contribution in [2.45, 2.75) is 26.8 Å². The third-order valence-electron chi connectivity index (χ3n) is 5.51. The van der Waals surface area contributed by atoms with Crippen molar-refractivity contribution in [2.24, 2.45) is 0 Å². The predicted molar refractivity (Wildman–Crippen MR) is 134 cm³/mol. The summed E-state index contributed by atoms with van der Waals surface area (Å²) in [5.41, 5.74) is 3.21. The Bertz CT molecular complexity index is 1290. The highest BCUT2D eigenvalue weighted by molar-refractivity contribution is 6.00. The number of carbonyl (C=O) groups excluding carboxylic acids is 1. The van der Waals surface area contributed by atoms with Gasteiger partial charge in [0.15, 0.2) is 11.5 Å². The summed E-state index contributed by atoms with van der Waals surface area (Å²) >= 11 is 0. The molecule has 1 N–H and O–H groups in total. The molecule has 0 aliphatic carbocycles. The average molecular weight is 474 g/mol. The Kier molecular flexibility index (Phi) is 7.45. The van der Waals surface area contributed by atoms with Crippen LogP contribution in [0.15, 0.2) is 79.0 Å². The normalized spacial score (nSPS) is 11.7. The molecule has 0 bridgehead atoms. The van der Waals surface area contributed by atoms with E-state index in [0.29, 0.717) is 41.5 Å². The monoisotopic (exact) mass is 473 g/mol. The molecule has 1 amide bonds. The van der Waals surface area contributed by atoms with E-state index >= 15 is 0 Å². The fraction of sp³-hybridized carbons (Fsp3) is 0.214. The Morgan fingerprint density at radius 2 is 1.66 bits per heavy atom. The quantitative estimate of drug-likeness (QED) is 0.325. The fourth-order valence-electron chi connectivity index (χ4n) is 3.77. The lowest BCUT2D eigenvalue weighted by atomic mass is 10.1. The Morgan fingerprint density at radius 3 is 2.34 bits per heavy atom. The van der Waals surface area contributed by atoms with E-state index in [1.807, 2.05) is 69.3 Å². The molecule has 6 nitrogen and oxygen atoms in total. The highest BCUT2D eigenvalue weighted by atomic mass is 19.1. The number of nitrogens with one attached hydrogen (secondary N) is 1. The van der Waals surface area contributed by atoms with Crippen molar-refractivity contribution in [1.29, 1.82) is 0 Å². The van der Waals surface area contributed by atoms with Crippen LogP contribution < -0.4 is 14.8 Å². The van der Waals surface area contributed by atoms with Gasteiger partial charge in [0, 0.05) is 11.8 Å². The number of rotatable bonds is 9. The zero-order valence-corrected chi connectivity index (χ0v) is 20.0. The number of halogens is 1. The smallest absolute Gasteiger partial charge is 0.255 e. The van der Waals surface area contributed by atoms with E-state index in [1.165, 1.54) is 12.1 Å². The van der Waals surface area contributed by atoms with Crippen molar-refractivity contribution in [1.82, 2.24) is 15.1 Å². The molecule has 0 fully saturated rings. The summed E-state index contributed by atoms with van der Waals surface area (Å²) in [5.74, 6) is 0.665. The maximum Gasteiger partial charge on any atom is 0.255 e. The second kappa shape index (κ2) is 10.9.